The molecule has 2 aliphatic rings. The Morgan fingerprint density at radius 2 is 2.38 bits per heavy atom. The zero-order valence-electron chi connectivity index (χ0n) is 14.9. The predicted octanol–water partition coefficient (Wildman–Crippen LogP) is 2.24. The molecule has 0 bridgehead atoms. The van der Waals surface area contributed by atoms with E-state index in [1.54, 1.807) is 12.4 Å². The maximum atomic E-state index is 12.3. The summed E-state index contributed by atoms with van der Waals surface area (Å²) in [5.74, 6) is 1.76. The normalized spacial score (nSPS) is 25.8. The van der Waals surface area contributed by atoms with Crippen molar-refractivity contribution in [3.8, 4) is 0 Å². The van der Waals surface area contributed by atoms with Gasteiger partial charge in [-0.3, -0.25) is 14.7 Å². The highest BCUT2D eigenvalue weighted by atomic mass is 16.5. The third-order valence-corrected chi connectivity index (χ3v) is 5.27. The van der Waals surface area contributed by atoms with Crippen molar-refractivity contribution < 1.29 is 14.1 Å². The van der Waals surface area contributed by atoms with E-state index in [0.717, 1.165) is 49.8 Å². The molecule has 0 aromatic carbocycles. The Bertz CT molecular complexity index is 748. The van der Waals surface area contributed by atoms with Crippen molar-refractivity contribution in [2.75, 3.05) is 25.0 Å². The van der Waals surface area contributed by atoms with Crippen LogP contribution in [0, 0.1) is 18.8 Å². The number of ether oxygens (including phenoxy) is 1. The van der Waals surface area contributed by atoms with Gasteiger partial charge in [-0.05, 0) is 37.9 Å². The van der Waals surface area contributed by atoms with Gasteiger partial charge in [-0.25, -0.2) is 0 Å². The molecule has 0 saturated carbocycles. The lowest BCUT2D eigenvalue weighted by Crippen LogP contribution is -2.41. The van der Waals surface area contributed by atoms with Crippen molar-refractivity contribution in [2.24, 2.45) is 11.8 Å². The minimum atomic E-state index is -0.0100. The highest BCUT2D eigenvalue weighted by Crippen LogP contribution is 2.36. The van der Waals surface area contributed by atoms with Gasteiger partial charge in [0.1, 0.15) is 5.76 Å². The van der Waals surface area contributed by atoms with Crippen LogP contribution in [0.1, 0.15) is 24.3 Å². The molecule has 26 heavy (non-hydrogen) atoms. The van der Waals surface area contributed by atoms with Crippen LogP contribution in [-0.2, 0) is 16.1 Å². The number of carbonyl (C=O) groups is 1. The summed E-state index contributed by atoms with van der Waals surface area (Å²) in [6.45, 7) is 5.43. The molecule has 0 aliphatic carbocycles. The van der Waals surface area contributed by atoms with Crippen molar-refractivity contribution in [1.29, 1.82) is 0 Å². The zero-order valence-corrected chi connectivity index (χ0v) is 14.9. The van der Waals surface area contributed by atoms with Gasteiger partial charge >= 0.3 is 0 Å². The van der Waals surface area contributed by atoms with Gasteiger partial charge in [-0.15, -0.1) is 0 Å². The molecular formula is C19H24N4O3. The van der Waals surface area contributed by atoms with E-state index < -0.39 is 0 Å². The third-order valence-electron chi connectivity index (χ3n) is 5.27. The van der Waals surface area contributed by atoms with Gasteiger partial charge in [0.25, 0.3) is 0 Å². The summed E-state index contributed by atoms with van der Waals surface area (Å²) in [4.78, 5) is 18.7. The summed E-state index contributed by atoms with van der Waals surface area (Å²) >= 11 is 0. The summed E-state index contributed by atoms with van der Waals surface area (Å²) in [6, 6.07) is 5.64. The Kier molecular flexibility index (Phi) is 4.99. The molecule has 3 atom stereocenters. The number of aromatic nitrogens is 2. The second kappa shape index (κ2) is 7.55. The Morgan fingerprint density at radius 3 is 3.15 bits per heavy atom. The molecular weight excluding hydrogens is 332 g/mol. The molecule has 0 unspecified atom stereocenters. The molecule has 0 spiro atoms. The average molecular weight is 356 g/mol. The number of amides is 1. The summed E-state index contributed by atoms with van der Waals surface area (Å²) in [5.41, 5.74) is 1.71. The van der Waals surface area contributed by atoms with E-state index in [-0.39, 0.29) is 12.0 Å². The molecule has 7 heteroatoms. The highest BCUT2D eigenvalue weighted by Gasteiger charge is 2.41. The van der Waals surface area contributed by atoms with Crippen LogP contribution >= 0.6 is 0 Å². The third kappa shape index (κ3) is 3.94. The van der Waals surface area contributed by atoms with Crippen LogP contribution in [0.3, 0.4) is 0 Å². The Balaban J connectivity index is 1.29. The highest BCUT2D eigenvalue weighted by molar-refractivity contribution is 5.90. The summed E-state index contributed by atoms with van der Waals surface area (Å²) < 4.78 is 11.1. The number of rotatable bonds is 5. The van der Waals surface area contributed by atoms with Crippen molar-refractivity contribution in [3.05, 3.63) is 42.0 Å². The SMILES string of the molecule is Cc1cc(CN2CC[C@@H]3[C@@H](CO[C@H]3CC(=O)Nc3cccnc3)C2)no1. The van der Waals surface area contributed by atoms with E-state index in [4.69, 9.17) is 9.26 Å². The Morgan fingerprint density at radius 1 is 1.46 bits per heavy atom. The Labute approximate surface area is 152 Å². The summed E-state index contributed by atoms with van der Waals surface area (Å²) in [5, 5.41) is 6.98. The topological polar surface area (TPSA) is 80.5 Å². The Hall–Kier alpha value is -2.25. The number of nitrogens with zero attached hydrogens (tertiary/aromatic N) is 3. The molecule has 1 amide bonds. The first-order chi connectivity index (χ1) is 12.7. The maximum absolute atomic E-state index is 12.3. The number of anilines is 1. The van der Waals surface area contributed by atoms with E-state index in [9.17, 15) is 4.79 Å². The van der Waals surface area contributed by atoms with Crippen LogP contribution in [-0.4, -0.2) is 46.7 Å². The van der Waals surface area contributed by atoms with Crippen LogP contribution < -0.4 is 5.32 Å². The van der Waals surface area contributed by atoms with Gasteiger partial charge in [-0.1, -0.05) is 5.16 Å². The van der Waals surface area contributed by atoms with Gasteiger partial charge in [-0.2, -0.15) is 0 Å². The molecule has 4 rings (SSSR count). The van der Waals surface area contributed by atoms with Crippen molar-refractivity contribution >= 4 is 11.6 Å². The first-order valence-corrected chi connectivity index (χ1v) is 9.13. The fourth-order valence-electron chi connectivity index (χ4n) is 4.07. The van der Waals surface area contributed by atoms with Crippen LogP contribution in [0.2, 0.25) is 0 Å². The fourth-order valence-corrected chi connectivity index (χ4v) is 4.07. The molecule has 0 radical (unpaired) electrons. The number of hydrogen-bond acceptors (Lipinski definition) is 6. The van der Waals surface area contributed by atoms with Gasteiger partial charge in [0.2, 0.25) is 5.91 Å². The van der Waals surface area contributed by atoms with Crippen LogP contribution in [0.4, 0.5) is 5.69 Å². The quantitative estimate of drug-likeness (QED) is 0.885. The van der Waals surface area contributed by atoms with Gasteiger partial charge in [0.05, 0.1) is 36.7 Å². The predicted molar refractivity (Wildman–Crippen MR) is 95.3 cm³/mol. The minimum Gasteiger partial charge on any atom is -0.377 e. The lowest BCUT2D eigenvalue weighted by Gasteiger charge is -2.35. The smallest absolute Gasteiger partial charge is 0.227 e. The van der Waals surface area contributed by atoms with Crippen molar-refractivity contribution in [2.45, 2.75) is 32.4 Å². The summed E-state index contributed by atoms with van der Waals surface area (Å²) in [6.07, 6.45) is 4.80. The van der Waals surface area contributed by atoms with Crippen molar-refractivity contribution in [3.63, 3.8) is 0 Å². The average Bonchev–Trinajstić information content (AvgIpc) is 3.22. The van der Waals surface area contributed by atoms with Crippen LogP contribution in [0.5, 0.6) is 0 Å². The van der Waals surface area contributed by atoms with Crippen molar-refractivity contribution in [1.82, 2.24) is 15.0 Å². The fraction of sp³-hybridized carbons (Fsp3) is 0.526. The molecule has 4 heterocycles. The molecule has 1 N–H and O–H groups in total. The largest absolute Gasteiger partial charge is 0.377 e. The van der Waals surface area contributed by atoms with Gasteiger partial charge < -0.3 is 14.6 Å². The van der Waals surface area contributed by atoms with E-state index in [1.807, 2.05) is 25.1 Å². The molecule has 2 saturated heterocycles. The molecule has 7 nitrogen and oxygen atoms in total. The van der Waals surface area contributed by atoms with Crippen LogP contribution in [0.25, 0.3) is 0 Å². The lowest BCUT2D eigenvalue weighted by molar-refractivity contribution is -0.118. The van der Waals surface area contributed by atoms with Gasteiger partial charge in [0, 0.05) is 31.3 Å². The second-order valence-electron chi connectivity index (χ2n) is 7.24. The molecule has 2 aromatic heterocycles. The number of fused-ring (bicyclic) bond motifs is 1. The van der Waals surface area contributed by atoms with E-state index in [1.165, 1.54) is 0 Å². The standard InChI is InChI=1S/C19H24N4O3/c1-13-7-16(22-26-13)11-23-6-4-17-14(10-23)12-25-18(17)8-19(24)21-15-3-2-5-20-9-15/h2-3,5,7,9,14,17-18H,4,6,8,10-12H2,1H3,(H,21,24)/t14-,17-,18+/m1/s1. The van der Waals surface area contributed by atoms with Crippen LogP contribution in [0.15, 0.2) is 35.1 Å². The molecule has 2 aromatic rings. The first-order valence-electron chi connectivity index (χ1n) is 9.13. The molecule has 2 fully saturated rings. The number of hydrogen-bond donors (Lipinski definition) is 1. The summed E-state index contributed by atoms with van der Waals surface area (Å²) in [7, 11) is 0. The number of piperidine rings is 1. The maximum Gasteiger partial charge on any atom is 0.227 e. The number of pyridine rings is 1. The first kappa shape index (κ1) is 17.2. The number of carbonyl (C=O) groups excluding carboxylic acids is 1. The second-order valence-corrected chi connectivity index (χ2v) is 7.24. The number of nitrogens with one attached hydrogen (secondary N) is 1. The lowest BCUT2D eigenvalue weighted by atomic mass is 9.83. The molecule has 138 valence electrons. The van der Waals surface area contributed by atoms with E-state index in [0.29, 0.717) is 18.3 Å². The van der Waals surface area contributed by atoms with Gasteiger partial charge in [0.15, 0.2) is 0 Å². The number of aryl methyl sites for hydroxylation is 1. The van der Waals surface area contributed by atoms with E-state index >= 15 is 0 Å². The van der Waals surface area contributed by atoms with E-state index in [2.05, 4.69) is 20.4 Å². The monoisotopic (exact) mass is 356 g/mol. The zero-order chi connectivity index (χ0) is 17.9. The molecule has 2 aliphatic heterocycles. The number of likely N-dealkylation sites (tertiary alicyclic amines) is 1. The minimum absolute atomic E-state index is 0.00751.